The Labute approximate surface area is 143 Å². The standard InChI is InChI=1S/C16H24N2O5S/c1-4-17-16(19)18(10-12-5-6-12)11-13-7-8-14(22-2)15(9-13)23-24(3,20)21/h7-9,12H,4-6,10-11H2,1-3H3,(H,17,19). The predicted octanol–water partition coefficient (Wildman–Crippen LogP) is 1.98. The van der Waals surface area contributed by atoms with Crippen LogP contribution in [-0.2, 0) is 16.7 Å². The molecule has 1 N–H and O–H groups in total. The van der Waals surface area contributed by atoms with E-state index >= 15 is 0 Å². The second kappa shape index (κ2) is 7.74. The molecular formula is C16H24N2O5S. The predicted molar refractivity (Wildman–Crippen MR) is 90.7 cm³/mol. The minimum Gasteiger partial charge on any atom is -0.493 e. The molecule has 2 rings (SSSR count). The Morgan fingerprint density at radius 1 is 1.33 bits per heavy atom. The van der Waals surface area contributed by atoms with Gasteiger partial charge in [0.1, 0.15) is 0 Å². The molecule has 0 spiro atoms. The average Bonchev–Trinajstić information content (AvgIpc) is 3.29. The Morgan fingerprint density at radius 3 is 2.58 bits per heavy atom. The van der Waals surface area contributed by atoms with Crippen molar-refractivity contribution in [2.45, 2.75) is 26.3 Å². The molecule has 2 amide bonds. The van der Waals surface area contributed by atoms with Crippen LogP contribution in [0.2, 0.25) is 0 Å². The number of nitrogens with one attached hydrogen (secondary N) is 1. The molecule has 134 valence electrons. The minimum absolute atomic E-state index is 0.120. The Kier molecular flexibility index (Phi) is 5.93. The lowest BCUT2D eigenvalue weighted by Gasteiger charge is -2.23. The second-order valence-electron chi connectivity index (χ2n) is 5.93. The molecule has 0 aromatic heterocycles. The molecule has 1 fully saturated rings. The monoisotopic (exact) mass is 356 g/mol. The van der Waals surface area contributed by atoms with E-state index in [4.69, 9.17) is 8.92 Å². The summed E-state index contributed by atoms with van der Waals surface area (Å²) < 4.78 is 32.9. The zero-order valence-electron chi connectivity index (χ0n) is 14.2. The number of carbonyl (C=O) groups is 1. The van der Waals surface area contributed by atoms with Crippen LogP contribution in [-0.4, -0.2) is 45.8 Å². The van der Waals surface area contributed by atoms with Crippen molar-refractivity contribution in [3.63, 3.8) is 0 Å². The first kappa shape index (κ1) is 18.4. The molecule has 1 aliphatic carbocycles. The Balaban J connectivity index is 2.19. The summed E-state index contributed by atoms with van der Waals surface area (Å²) in [6.45, 7) is 3.51. The largest absolute Gasteiger partial charge is 0.493 e. The van der Waals surface area contributed by atoms with Crippen molar-refractivity contribution in [2.75, 3.05) is 26.5 Å². The first-order valence-corrected chi connectivity index (χ1v) is 9.73. The van der Waals surface area contributed by atoms with Crippen LogP contribution < -0.4 is 14.2 Å². The summed E-state index contributed by atoms with van der Waals surface area (Å²) in [4.78, 5) is 14.0. The van der Waals surface area contributed by atoms with Crippen molar-refractivity contribution in [1.82, 2.24) is 10.2 Å². The maximum Gasteiger partial charge on any atom is 0.317 e. The fourth-order valence-corrected chi connectivity index (χ4v) is 2.82. The maximum atomic E-state index is 12.2. The van der Waals surface area contributed by atoms with E-state index in [1.807, 2.05) is 6.92 Å². The molecule has 0 aliphatic heterocycles. The quantitative estimate of drug-likeness (QED) is 0.720. The van der Waals surface area contributed by atoms with E-state index in [9.17, 15) is 13.2 Å². The lowest BCUT2D eigenvalue weighted by atomic mass is 10.2. The van der Waals surface area contributed by atoms with Gasteiger partial charge in [-0.1, -0.05) is 6.07 Å². The van der Waals surface area contributed by atoms with Crippen molar-refractivity contribution >= 4 is 16.1 Å². The molecule has 1 aliphatic rings. The van der Waals surface area contributed by atoms with E-state index in [0.717, 1.165) is 24.7 Å². The number of nitrogens with zero attached hydrogens (tertiary/aromatic N) is 1. The van der Waals surface area contributed by atoms with E-state index in [0.29, 0.717) is 31.3 Å². The molecule has 1 aromatic carbocycles. The van der Waals surface area contributed by atoms with Crippen LogP contribution in [0.25, 0.3) is 0 Å². The fraction of sp³-hybridized carbons (Fsp3) is 0.562. The molecule has 0 bridgehead atoms. The highest BCUT2D eigenvalue weighted by Gasteiger charge is 2.27. The van der Waals surface area contributed by atoms with Crippen LogP contribution >= 0.6 is 0 Å². The van der Waals surface area contributed by atoms with Gasteiger partial charge in [0.05, 0.1) is 13.4 Å². The van der Waals surface area contributed by atoms with Gasteiger partial charge in [0.25, 0.3) is 0 Å². The Hall–Kier alpha value is -1.96. The van der Waals surface area contributed by atoms with Crippen LogP contribution in [0.4, 0.5) is 4.79 Å². The third-order valence-electron chi connectivity index (χ3n) is 3.63. The minimum atomic E-state index is -3.66. The summed E-state index contributed by atoms with van der Waals surface area (Å²) in [5, 5.41) is 2.81. The zero-order valence-corrected chi connectivity index (χ0v) is 15.1. The summed E-state index contributed by atoms with van der Waals surface area (Å²) >= 11 is 0. The smallest absolute Gasteiger partial charge is 0.317 e. The lowest BCUT2D eigenvalue weighted by Crippen LogP contribution is -2.40. The number of ether oxygens (including phenoxy) is 1. The van der Waals surface area contributed by atoms with Crippen molar-refractivity contribution in [3.05, 3.63) is 23.8 Å². The zero-order chi connectivity index (χ0) is 17.7. The van der Waals surface area contributed by atoms with E-state index in [2.05, 4.69) is 5.32 Å². The third-order valence-corrected chi connectivity index (χ3v) is 4.12. The summed E-state index contributed by atoms with van der Waals surface area (Å²) in [7, 11) is -2.22. The first-order chi connectivity index (χ1) is 11.3. The molecule has 24 heavy (non-hydrogen) atoms. The van der Waals surface area contributed by atoms with Crippen LogP contribution in [0.3, 0.4) is 0 Å². The van der Waals surface area contributed by atoms with Crippen molar-refractivity contribution in [2.24, 2.45) is 5.92 Å². The van der Waals surface area contributed by atoms with E-state index in [-0.39, 0.29) is 11.8 Å². The molecule has 0 heterocycles. The van der Waals surface area contributed by atoms with Crippen molar-refractivity contribution < 1.29 is 22.1 Å². The molecule has 1 aromatic rings. The highest BCUT2D eigenvalue weighted by atomic mass is 32.2. The van der Waals surface area contributed by atoms with Gasteiger partial charge in [0.15, 0.2) is 11.5 Å². The molecule has 1 saturated carbocycles. The van der Waals surface area contributed by atoms with E-state index < -0.39 is 10.1 Å². The molecule has 8 heteroatoms. The number of urea groups is 1. The van der Waals surface area contributed by atoms with Gasteiger partial charge in [-0.3, -0.25) is 0 Å². The number of carbonyl (C=O) groups excluding carboxylic acids is 1. The summed E-state index contributed by atoms with van der Waals surface area (Å²) in [6.07, 6.45) is 3.26. The molecule has 0 radical (unpaired) electrons. The highest BCUT2D eigenvalue weighted by molar-refractivity contribution is 7.86. The van der Waals surface area contributed by atoms with Gasteiger partial charge in [-0.2, -0.15) is 8.42 Å². The first-order valence-electron chi connectivity index (χ1n) is 7.91. The van der Waals surface area contributed by atoms with Crippen LogP contribution in [0.15, 0.2) is 18.2 Å². The van der Waals surface area contributed by atoms with E-state index in [1.165, 1.54) is 7.11 Å². The molecular weight excluding hydrogens is 332 g/mol. The van der Waals surface area contributed by atoms with Crippen LogP contribution in [0.5, 0.6) is 11.5 Å². The normalized spacial score (nSPS) is 14.1. The average molecular weight is 356 g/mol. The number of rotatable bonds is 8. The van der Waals surface area contributed by atoms with Crippen molar-refractivity contribution in [1.29, 1.82) is 0 Å². The summed E-state index contributed by atoms with van der Waals surface area (Å²) in [6, 6.07) is 4.92. The molecule has 0 saturated heterocycles. The number of hydrogen-bond donors (Lipinski definition) is 1. The molecule has 0 unspecified atom stereocenters. The van der Waals surface area contributed by atoms with Crippen LogP contribution in [0, 0.1) is 5.92 Å². The maximum absolute atomic E-state index is 12.2. The second-order valence-corrected chi connectivity index (χ2v) is 7.51. The molecule has 7 nitrogen and oxygen atoms in total. The SMILES string of the molecule is CCNC(=O)N(Cc1ccc(OC)c(OS(C)(=O)=O)c1)CC1CC1. The van der Waals surface area contributed by atoms with Gasteiger partial charge in [0.2, 0.25) is 0 Å². The van der Waals surface area contributed by atoms with Crippen LogP contribution in [0.1, 0.15) is 25.3 Å². The number of amides is 2. The van der Waals surface area contributed by atoms with Gasteiger partial charge in [-0.05, 0) is 43.4 Å². The topological polar surface area (TPSA) is 84.9 Å². The lowest BCUT2D eigenvalue weighted by molar-refractivity contribution is 0.193. The van der Waals surface area contributed by atoms with Gasteiger partial charge in [-0.15, -0.1) is 0 Å². The molecule has 0 atom stereocenters. The summed E-state index contributed by atoms with van der Waals surface area (Å²) in [5.41, 5.74) is 0.779. The number of methoxy groups -OCH3 is 1. The van der Waals surface area contributed by atoms with Gasteiger partial charge in [-0.25, -0.2) is 4.79 Å². The Morgan fingerprint density at radius 2 is 2.04 bits per heavy atom. The number of hydrogen-bond acceptors (Lipinski definition) is 5. The van der Waals surface area contributed by atoms with Gasteiger partial charge < -0.3 is 19.1 Å². The number of benzene rings is 1. The van der Waals surface area contributed by atoms with Gasteiger partial charge >= 0.3 is 16.1 Å². The fourth-order valence-electron chi connectivity index (χ4n) is 2.36. The Bertz CT molecular complexity index is 686. The van der Waals surface area contributed by atoms with Crippen molar-refractivity contribution in [3.8, 4) is 11.5 Å². The van der Waals surface area contributed by atoms with Gasteiger partial charge in [0, 0.05) is 19.6 Å². The highest BCUT2D eigenvalue weighted by Crippen LogP contribution is 2.32. The third kappa shape index (κ3) is 5.59. The van der Waals surface area contributed by atoms with E-state index in [1.54, 1.807) is 23.1 Å². The summed E-state index contributed by atoms with van der Waals surface area (Å²) in [5.74, 6) is 1.01.